The molecule has 0 aliphatic carbocycles. The Kier molecular flexibility index (Phi) is 5.63. The number of nitrogens with zero attached hydrogens (tertiary/aromatic N) is 5. The van der Waals surface area contributed by atoms with Gasteiger partial charge in [-0.2, -0.15) is 0 Å². The maximum absolute atomic E-state index is 13.4. The molecular weight excluding hydrogens is 394 g/mol. The molecule has 31 heavy (non-hydrogen) atoms. The summed E-state index contributed by atoms with van der Waals surface area (Å²) in [6.45, 7) is 4.19. The second-order valence-corrected chi connectivity index (χ2v) is 7.90. The lowest BCUT2D eigenvalue weighted by molar-refractivity contribution is 0.0698. The Morgan fingerprint density at radius 2 is 2.06 bits per heavy atom. The van der Waals surface area contributed by atoms with E-state index in [4.69, 9.17) is 14.1 Å². The molecule has 1 unspecified atom stereocenters. The molecule has 0 radical (unpaired) electrons. The van der Waals surface area contributed by atoms with Crippen LogP contribution in [0.5, 0.6) is 5.75 Å². The van der Waals surface area contributed by atoms with Gasteiger partial charge in [0.1, 0.15) is 5.75 Å². The number of oxazole rings is 1. The van der Waals surface area contributed by atoms with Crippen LogP contribution in [0.2, 0.25) is 0 Å². The maximum Gasteiger partial charge on any atom is 0.292 e. The van der Waals surface area contributed by atoms with E-state index < -0.39 is 0 Å². The van der Waals surface area contributed by atoms with Crippen molar-refractivity contribution in [2.75, 3.05) is 32.6 Å². The van der Waals surface area contributed by atoms with E-state index in [2.05, 4.69) is 9.97 Å². The van der Waals surface area contributed by atoms with Crippen LogP contribution >= 0.6 is 0 Å². The van der Waals surface area contributed by atoms with Crippen molar-refractivity contribution in [2.45, 2.75) is 32.7 Å². The first kappa shape index (κ1) is 20.8. The predicted molar refractivity (Wildman–Crippen MR) is 117 cm³/mol. The molecule has 162 valence electrons. The Morgan fingerprint density at radius 1 is 1.26 bits per heavy atom. The maximum atomic E-state index is 13.4. The predicted octanol–water partition coefficient (Wildman–Crippen LogP) is 3.80. The summed E-state index contributed by atoms with van der Waals surface area (Å²) in [5.74, 6) is 2.00. The Hall–Kier alpha value is -3.42. The van der Waals surface area contributed by atoms with Gasteiger partial charge in [0, 0.05) is 39.3 Å². The monoisotopic (exact) mass is 421 g/mol. The van der Waals surface area contributed by atoms with Crippen LogP contribution < -0.4 is 9.64 Å². The Morgan fingerprint density at radius 3 is 2.74 bits per heavy atom. The third kappa shape index (κ3) is 3.97. The fourth-order valence-corrected chi connectivity index (χ4v) is 4.02. The largest absolute Gasteiger partial charge is 0.497 e. The van der Waals surface area contributed by atoms with Crippen LogP contribution in [0.1, 0.15) is 46.7 Å². The highest BCUT2D eigenvalue weighted by molar-refractivity contribution is 5.93. The molecule has 1 aromatic carbocycles. The molecule has 3 aromatic rings. The van der Waals surface area contributed by atoms with Gasteiger partial charge in [-0.3, -0.25) is 4.79 Å². The molecule has 0 spiro atoms. The van der Waals surface area contributed by atoms with E-state index in [9.17, 15) is 4.79 Å². The summed E-state index contributed by atoms with van der Waals surface area (Å²) >= 11 is 0. The molecule has 2 aromatic heterocycles. The number of carbonyl (C=O) groups is 1. The van der Waals surface area contributed by atoms with Gasteiger partial charge in [-0.1, -0.05) is 12.1 Å². The normalized spacial score (nSPS) is 15.9. The summed E-state index contributed by atoms with van der Waals surface area (Å²) in [5, 5.41) is 0. The number of anilines is 1. The highest BCUT2D eigenvalue weighted by atomic mass is 16.5. The van der Waals surface area contributed by atoms with Gasteiger partial charge < -0.3 is 19.0 Å². The van der Waals surface area contributed by atoms with Crippen LogP contribution in [0, 0.1) is 13.8 Å². The summed E-state index contributed by atoms with van der Waals surface area (Å²) in [7, 11) is 5.45. The van der Waals surface area contributed by atoms with Crippen molar-refractivity contribution in [3.8, 4) is 16.9 Å². The lowest BCUT2D eigenvalue weighted by Gasteiger charge is -2.26. The van der Waals surface area contributed by atoms with Gasteiger partial charge in [-0.05, 0) is 37.5 Å². The summed E-state index contributed by atoms with van der Waals surface area (Å²) in [6.07, 6.45) is 3.54. The molecule has 1 aliphatic heterocycles. The molecule has 4 rings (SSSR count). The van der Waals surface area contributed by atoms with Gasteiger partial charge in [0.05, 0.1) is 24.5 Å². The summed E-state index contributed by atoms with van der Waals surface area (Å²) in [5.41, 5.74) is 3.27. The summed E-state index contributed by atoms with van der Waals surface area (Å²) in [6, 6.07) is 7.63. The molecule has 1 atom stereocenters. The lowest BCUT2D eigenvalue weighted by Crippen LogP contribution is -2.32. The van der Waals surface area contributed by atoms with Gasteiger partial charge in [0.25, 0.3) is 5.91 Å². The third-order valence-electron chi connectivity index (χ3n) is 5.51. The molecule has 0 bridgehead atoms. The number of ether oxygens (including phenoxy) is 1. The molecule has 0 saturated carbocycles. The van der Waals surface area contributed by atoms with Crippen LogP contribution in [0.3, 0.4) is 0 Å². The van der Waals surface area contributed by atoms with E-state index in [1.165, 1.54) is 0 Å². The molecule has 1 amide bonds. The zero-order chi connectivity index (χ0) is 22.1. The number of benzene rings is 1. The molecule has 1 saturated heterocycles. The highest BCUT2D eigenvalue weighted by Crippen LogP contribution is 2.38. The fourth-order valence-electron chi connectivity index (χ4n) is 4.02. The minimum atomic E-state index is -0.180. The van der Waals surface area contributed by atoms with Crippen molar-refractivity contribution >= 4 is 11.9 Å². The number of methoxy groups -OCH3 is 1. The molecule has 8 nitrogen and oxygen atoms in total. The van der Waals surface area contributed by atoms with Crippen molar-refractivity contribution < 1.29 is 13.9 Å². The molecule has 0 N–H and O–H groups in total. The topological polar surface area (TPSA) is 84.6 Å². The first-order valence-electron chi connectivity index (χ1n) is 10.3. The number of hydrogen-bond donors (Lipinski definition) is 0. The van der Waals surface area contributed by atoms with Crippen molar-refractivity contribution in [1.29, 1.82) is 0 Å². The van der Waals surface area contributed by atoms with E-state index in [0.717, 1.165) is 35.4 Å². The quantitative estimate of drug-likeness (QED) is 0.619. The van der Waals surface area contributed by atoms with E-state index in [0.29, 0.717) is 29.8 Å². The minimum Gasteiger partial charge on any atom is -0.497 e. The van der Waals surface area contributed by atoms with Crippen LogP contribution in [0.25, 0.3) is 11.1 Å². The number of hydrogen-bond acceptors (Lipinski definition) is 7. The van der Waals surface area contributed by atoms with Crippen molar-refractivity contribution in [1.82, 2.24) is 19.9 Å². The third-order valence-corrected chi connectivity index (χ3v) is 5.51. The number of likely N-dealkylation sites (tertiary alicyclic amines) is 1. The average Bonchev–Trinajstić information content (AvgIpc) is 3.39. The van der Waals surface area contributed by atoms with E-state index in [-0.39, 0.29) is 11.9 Å². The fraction of sp³-hybridized carbons (Fsp3) is 0.391. The first-order valence-corrected chi connectivity index (χ1v) is 10.3. The molecule has 3 heterocycles. The second-order valence-electron chi connectivity index (χ2n) is 7.90. The number of carbonyl (C=O) groups excluding carboxylic acids is 1. The van der Waals surface area contributed by atoms with Crippen LogP contribution in [-0.2, 0) is 0 Å². The smallest absolute Gasteiger partial charge is 0.292 e. The Balaban J connectivity index is 1.80. The summed E-state index contributed by atoms with van der Waals surface area (Å²) < 4.78 is 11.0. The van der Waals surface area contributed by atoms with Crippen molar-refractivity contribution in [3.63, 3.8) is 0 Å². The number of aromatic nitrogens is 3. The van der Waals surface area contributed by atoms with Crippen LogP contribution in [-0.4, -0.2) is 53.5 Å². The first-order chi connectivity index (χ1) is 14.9. The summed E-state index contributed by atoms with van der Waals surface area (Å²) in [4.78, 5) is 30.7. The van der Waals surface area contributed by atoms with Gasteiger partial charge >= 0.3 is 0 Å². The zero-order valence-electron chi connectivity index (χ0n) is 18.5. The van der Waals surface area contributed by atoms with Gasteiger partial charge in [-0.15, -0.1) is 0 Å². The Labute approximate surface area is 181 Å². The molecule has 1 aliphatic rings. The van der Waals surface area contributed by atoms with Gasteiger partial charge in [-0.25, -0.2) is 15.0 Å². The van der Waals surface area contributed by atoms with Crippen LogP contribution in [0.4, 0.5) is 5.95 Å². The van der Waals surface area contributed by atoms with Gasteiger partial charge in [0.2, 0.25) is 11.7 Å². The molecular formula is C23H27N5O3. The van der Waals surface area contributed by atoms with E-state index >= 15 is 0 Å². The number of aryl methyl sites for hydroxylation is 2. The molecule has 8 heteroatoms. The average molecular weight is 422 g/mol. The van der Waals surface area contributed by atoms with Crippen molar-refractivity contribution in [3.05, 3.63) is 53.5 Å². The van der Waals surface area contributed by atoms with E-state index in [1.54, 1.807) is 21.0 Å². The Bertz CT molecular complexity index is 1110. The van der Waals surface area contributed by atoms with E-state index in [1.807, 2.05) is 54.4 Å². The molecule has 1 fully saturated rings. The zero-order valence-corrected chi connectivity index (χ0v) is 18.5. The van der Waals surface area contributed by atoms with Crippen molar-refractivity contribution in [2.24, 2.45) is 0 Å². The van der Waals surface area contributed by atoms with Gasteiger partial charge in [0.15, 0.2) is 5.89 Å². The standard InChI is InChI=1S/C23H27N5O3/c1-14-21(31-15(2)25-14)22(29)28-11-7-10-19(28)20-18(13-24-23(26-20)27(3)4)16-8-6-9-17(12-16)30-5/h6,8-9,12-13,19H,7,10-11H2,1-5H3. The SMILES string of the molecule is COc1cccc(-c2cnc(N(C)C)nc2C2CCCN2C(=O)c2oc(C)nc2C)c1. The lowest BCUT2D eigenvalue weighted by atomic mass is 9.99. The highest BCUT2D eigenvalue weighted by Gasteiger charge is 2.36. The number of amides is 1. The minimum absolute atomic E-state index is 0.151. The van der Waals surface area contributed by atoms with Crippen LogP contribution in [0.15, 0.2) is 34.9 Å². The second kappa shape index (κ2) is 8.37. The number of rotatable bonds is 5.